The maximum Gasteiger partial charge on any atom is 0.144 e. The maximum atomic E-state index is 10.3. The third kappa shape index (κ3) is 2.97. The van der Waals surface area contributed by atoms with Crippen LogP contribution in [0.4, 0.5) is 0 Å². The van der Waals surface area contributed by atoms with Gasteiger partial charge in [0, 0.05) is 0 Å². The quantitative estimate of drug-likeness (QED) is 0.586. The molecule has 0 saturated carbocycles. The fourth-order valence-corrected chi connectivity index (χ4v) is 1.83. The first-order chi connectivity index (χ1) is 7.10. The van der Waals surface area contributed by atoms with Crippen LogP contribution in [0.15, 0.2) is 18.2 Å². The van der Waals surface area contributed by atoms with Crippen molar-refractivity contribution in [3.05, 3.63) is 39.4 Å². The van der Waals surface area contributed by atoms with Crippen molar-refractivity contribution < 1.29 is 4.79 Å². The molecule has 0 bridgehead atoms. The molecule has 0 aliphatic heterocycles. The van der Waals surface area contributed by atoms with E-state index in [1.807, 2.05) is 6.92 Å². The highest BCUT2D eigenvalue weighted by Crippen LogP contribution is 2.31. The van der Waals surface area contributed by atoms with Gasteiger partial charge in [-0.2, -0.15) is 0 Å². The minimum Gasteiger partial charge on any atom is -0.299 e. The van der Waals surface area contributed by atoms with Gasteiger partial charge in [0.25, 0.3) is 0 Å². The topological polar surface area (TPSA) is 17.1 Å². The fraction of sp³-hybridized carbons (Fsp3) is 0.182. The second-order valence-electron chi connectivity index (χ2n) is 2.93. The lowest BCUT2D eigenvalue weighted by molar-refractivity contribution is -0.104. The second-order valence-corrected chi connectivity index (χ2v) is 4.15. The number of benzene rings is 1. The molecule has 0 heterocycles. The highest BCUT2D eigenvalue weighted by atomic mass is 35.5. The van der Waals surface area contributed by atoms with Gasteiger partial charge < -0.3 is 0 Å². The number of carbonyl (C=O) groups is 1. The predicted octanol–water partition coefficient (Wildman–Crippen LogP) is 4.33. The van der Waals surface area contributed by atoms with E-state index < -0.39 is 0 Å². The van der Waals surface area contributed by atoms with Crippen molar-refractivity contribution in [3.8, 4) is 0 Å². The summed E-state index contributed by atoms with van der Waals surface area (Å²) in [4.78, 5) is 10.3. The second kappa shape index (κ2) is 5.55. The first kappa shape index (κ1) is 12.6. The molecule has 4 heteroatoms. The van der Waals surface area contributed by atoms with Crippen LogP contribution in [0.5, 0.6) is 0 Å². The Bertz CT molecular complexity index is 411. The number of halogens is 3. The van der Waals surface area contributed by atoms with E-state index in [0.29, 0.717) is 21.4 Å². The van der Waals surface area contributed by atoms with Gasteiger partial charge in [-0.25, -0.2) is 0 Å². The van der Waals surface area contributed by atoms with Gasteiger partial charge in [-0.15, -0.1) is 0 Å². The Balaban J connectivity index is 3.33. The molecule has 1 nitrogen and oxygen atoms in total. The van der Waals surface area contributed by atoms with Crippen molar-refractivity contribution in [1.29, 1.82) is 0 Å². The largest absolute Gasteiger partial charge is 0.299 e. The Kier molecular flexibility index (Phi) is 4.65. The molecule has 0 aromatic heterocycles. The lowest BCUT2D eigenvalue weighted by Gasteiger charge is -2.08. The third-order valence-electron chi connectivity index (χ3n) is 2.00. The molecule has 0 unspecified atom stereocenters. The first-order valence-electron chi connectivity index (χ1n) is 4.39. The fourth-order valence-electron chi connectivity index (χ4n) is 1.25. The summed E-state index contributed by atoms with van der Waals surface area (Å²) in [7, 11) is 0. The molecule has 0 fully saturated rings. The lowest BCUT2D eigenvalue weighted by Crippen LogP contribution is -1.90. The molecular formula is C11H9Cl3O. The van der Waals surface area contributed by atoms with Crippen LogP contribution >= 0.6 is 34.8 Å². The summed E-state index contributed by atoms with van der Waals surface area (Å²) in [6.45, 7) is 1.98. The SMILES string of the molecule is CCc1cc(Cl)c(Cl)cc1/C(Cl)=C\C=O. The normalized spacial score (nSPS) is 11.6. The molecule has 0 N–H and O–H groups in total. The molecule has 0 saturated heterocycles. The van der Waals surface area contributed by atoms with Crippen molar-refractivity contribution in [3.63, 3.8) is 0 Å². The van der Waals surface area contributed by atoms with Crippen molar-refractivity contribution in [2.45, 2.75) is 13.3 Å². The Labute approximate surface area is 104 Å². The van der Waals surface area contributed by atoms with E-state index in [9.17, 15) is 4.79 Å². The lowest BCUT2D eigenvalue weighted by atomic mass is 10.0. The zero-order valence-electron chi connectivity index (χ0n) is 8.06. The van der Waals surface area contributed by atoms with Crippen LogP contribution in [0.25, 0.3) is 5.03 Å². The predicted molar refractivity (Wildman–Crippen MR) is 65.7 cm³/mol. The van der Waals surface area contributed by atoms with Crippen LogP contribution in [0.1, 0.15) is 18.1 Å². The molecule has 15 heavy (non-hydrogen) atoms. The Morgan fingerprint density at radius 3 is 2.47 bits per heavy atom. The molecule has 0 atom stereocenters. The standard InChI is InChI=1S/C11H9Cl3O/c1-2-7-5-10(13)11(14)6-8(7)9(12)3-4-15/h3-6H,2H2,1H3/b9-3+. The van der Waals surface area contributed by atoms with E-state index in [4.69, 9.17) is 34.8 Å². The Hall–Kier alpha value is -0.500. The highest BCUT2D eigenvalue weighted by molar-refractivity contribution is 6.50. The number of carbonyl (C=O) groups excluding carboxylic acids is 1. The van der Waals surface area contributed by atoms with Gasteiger partial charge in [-0.05, 0) is 35.8 Å². The zero-order chi connectivity index (χ0) is 11.4. The van der Waals surface area contributed by atoms with Crippen molar-refractivity contribution in [2.24, 2.45) is 0 Å². The smallest absolute Gasteiger partial charge is 0.144 e. The minimum absolute atomic E-state index is 0.375. The first-order valence-corrected chi connectivity index (χ1v) is 5.52. The van der Waals surface area contributed by atoms with E-state index >= 15 is 0 Å². The molecular weight excluding hydrogens is 254 g/mol. The Morgan fingerprint density at radius 2 is 1.93 bits per heavy atom. The average molecular weight is 264 g/mol. The van der Waals surface area contributed by atoms with Gasteiger partial charge in [0.05, 0.1) is 15.1 Å². The van der Waals surface area contributed by atoms with E-state index in [-0.39, 0.29) is 0 Å². The van der Waals surface area contributed by atoms with Gasteiger partial charge >= 0.3 is 0 Å². The van der Waals surface area contributed by atoms with E-state index in [1.165, 1.54) is 6.08 Å². The number of rotatable bonds is 3. The summed E-state index contributed by atoms with van der Waals surface area (Å²) in [6.07, 6.45) is 2.71. The van der Waals surface area contributed by atoms with Crippen molar-refractivity contribution in [1.82, 2.24) is 0 Å². The maximum absolute atomic E-state index is 10.3. The summed E-state index contributed by atoms with van der Waals surface area (Å²) >= 11 is 17.7. The molecule has 80 valence electrons. The van der Waals surface area contributed by atoms with Crippen LogP contribution in [-0.2, 0) is 11.2 Å². The van der Waals surface area contributed by atoms with Crippen molar-refractivity contribution >= 4 is 46.1 Å². The van der Waals surface area contributed by atoms with E-state index in [1.54, 1.807) is 12.1 Å². The molecule has 1 aromatic carbocycles. The minimum atomic E-state index is 0.375. The van der Waals surface area contributed by atoms with Gasteiger partial charge in [0.2, 0.25) is 0 Å². The van der Waals surface area contributed by atoms with Crippen LogP contribution in [0.2, 0.25) is 10.0 Å². The molecule has 1 rings (SSSR count). The van der Waals surface area contributed by atoms with Gasteiger partial charge in [0.15, 0.2) is 0 Å². The van der Waals surface area contributed by atoms with Crippen LogP contribution in [0.3, 0.4) is 0 Å². The van der Waals surface area contributed by atoms with Crippen LogP contribution < -0.4 is 0 Å². The zero-order valence-corrected chi connectivity index (χ0v) is 10.3. The van der Waals surface area contributed by atoms with E-state index in [2.05, 4.69) is 0 Å². The molecule has 1 aromatic rings. The summed E-state index contributed by atoms with van der Waals surface area (Å²) in [5.74, 6) is 0. The number of aldehydes is 1. The molecule has 0 amide bonds. The monoisotopic (exact) mass is 262 g/mol. The van der Waals surface area contributed by atoms with Gasteiger partial charge in [-0.1, -0.05) is 41.7 Å². The molecule has 0 radical (unpaired) electrons. The summed E-state index contributed by atoms with van der Waals surface area (Å²) in [5.41, 5.74) is 1.72. The van der Waals surface area contributed by atoms with Crippen LogP contribution in [-0.4, -0.2) is 6.29 Å². The number of aryl methyl sites for hydroxylation is 1. The molecule has 0 spiro atoms. The van der Waals surface area contributed by atoms with Gasteiger partial charge in [0.1, 0.15) is 6.29 Å². The average Bonchev–Trinajstić information content (AvgIpc) is 2.21. The van der Waals surface area contributed by atoms with E-state index in [0.717, 1.165) is 17.5 Å². The summed E-state index contributed by atoms with van der Waals surface area (Å²) in [6, 6.07) is 3.44. The Morgan fingerprint density at radius 1 is 1.33 bits per heavy atom. The molecule has 0 aliphatic carbocycles. The number of hydrogen-bond acceptors (Lipinski definition) is 1. The van der Waals surface area contributed by atoms with Gasteiger partial charge in [-0.3, -0.25) is 4.79 Å². The number of hydrogen-bond donors (Lipinski definition) is 0. The summed E-state index contributed by atoms with van der Waals surface area (Å²) < 4.78 is 0. The highest BCUT2D eigenvalue weighted by Gasteiger charge is 2.08. The third-order valence-corrected chi connectivity index (χ3v) is 3.05. The summed E-state index contributed by atoms with van der Waals surface area (Å²) in [5, 5.41) is 1.30. The van der Waals surface area contributed by atoms with Crippen LogP contribution in [0, 0.1) is 0 Å². The molecule has 0 aliphatic rings. The number of allylic oxidation sites excluding steroid dienone is 1. The van der Waals surface area contributed by atoms with Crippen molar-refractivity contribution in [2.75, 3.05) is 0 Å².